The zero-order chi connectivity index (χ0) is 13.3. The highest BCUT2D eigenvalue weighted by atomic mass is 16.4. The third-order valence-corrected chi connectivity index (χ3v) is 3.14. The van der Waals surface area contributed by atoms with E-state index in [1.807, 2.05) is 12.1 Å². The molecule has 96 valence electrons. The van der Waals surface area contributed by atoms with E-state index in [1.54, 1.807) is 17.0 Å². The van der Waals surface area contributed by atoms with Crippen molar-refractivity contribution >= 4 is 17.6 Å². The van der Waals surface area contributed by atoms with Gasteiger partial charge in [-0.05, 0) is 18.1 Å². The Bertz CT molecular complexity index is 489. The van der Waals surface area contributed by atoms with E-state index in [0.717, 1.165) is 11.3 Å². The van der Waals surface area contributed by atoms with Gasteiger partial charge in [-0.15, -0.1) is 0 Å². The molecule has 1 heterocycles. The molecule has 2 rings (SSSR count). The van der Waals surface area contributed by atoms with Crippen molar-refractivity contribution in [2.45, 2.75) is 18.5 Å². The Kier molecular flexibility index (Phi) is 3.20. The van der Waals surface area contributed by atoms with Gasteiger partial charge in [0.05, 0.1) is 0 Å². The molecule has 0 spiro atoms. The Morgan fingerprint density at radius 3 is 2.50 bits per heavy atom. The van der Waals surface area contributed by atoms with E-state index in [1.165, 1.54) is 0 Å². The van der Waals surface area contributed by atoms with Crippen LogP contribution in [0.5, 0.6) is 0 Å². The number of benzene rings is 1. The molecule has 0 aliphatic carbocycles. The summed E-state index contributed by atoms with van der Waals surface area (Å²) in [4.78, 5) is 23.7. The number of hydrogen-bond donors (Lipinski definition) is 3. The predicted molar refractivity (Wildman–Crippen MR) is 64.5 cm³/mol. The third kappa shape index (κ3) is 2.02. The molecule has 0 saturated carbocycles. The lowest BCUT2D eigenvalue weighted by Gasteiger charge is -2.29. The van der Waals surface area contributed by atoms with Crippen molar-refractivity contribution in [3.63, 3.8) is 0 Å². The highest BCUT2D eigenvalue weighted by Crippen LogP contribution is 2.29. The number of hydrogen-bond acceptors (Lipinski definition) is 4. The number of carboxylic acids is 2. The molecule has 0 bridgehead atoms. The fraction of sp³-hybridized carbons (Fsp3) is 0.333. The van der Waals surface area contributed by atoms with Crippen molar-refractivity contribution in [2.24, 2.45) is 5.73 Å². The minimum atomic E-state index is -1.45. The van der Waals surface area contributed by atoms with Crippen LogP contribution in [0.4, 0.5) is 5.69 Å². The van der Waals surface area contributed by atoms with Gasteiger partial charge in [0.25, 0.3) is 0 Å². The van der Waals surface area contributed by atoms with Crippen molar-refractivity contribution in [3.8, 4) is 0 Å². The van der Waals surface area contributed by atoms with Gasteiger partial charge in [-0.3, -0.25) is 4.79 Å². The summed E-state index contributed by atoms with van der Waals surface area (Å²) in [5.41, 5.74) is 7.24. The van der Waals surface area contributed by atoms with E-state index in [2.05, 4.69) is 0 Å². The summed E-state index contributed by atoms with van der Waals surface area (Å²) in [6.45, 7) is 0.470. The second-order valence-electron chi connectivity index (χ2n) is 4.22. The average molecular weight is 250 g/mol. The van der Waals surface area contributed by atoms with Crippen LogP contribution >= 0.6 is 0 Å². The van der Waals surface area contributed by atoms with Gasteiger partial charge in [-0.1, -0.05) is 18.2 Å². The van der Waals surface area contributed by atoms with Gasteiger partial charge in [0.15, 0.2) is 6.04 Å². The van der Waals surface area contributed by atoms with Crippen molar-refractivity contribution in [1.82, 2.24) is 0 Å². The van der Waals surface area contributed by atoms with Gasteiger partial charge in [-0.25, -0.2) is 4.79 Å². The van der Waals surface area contributed by atoms with Gasteiger partial charge < -0.3 is 20.8 Å². The predicted octanol–water partition coefficient (Wildman–Crippen LogP) is -0.0858. The average Bonchev–Trinajstić information content (AvgIpc) is 2.73. The highest BCUT2D eigenvalue weighted by molar-refractivity contribution is 5.88. The van der Waals surface area contributed by atoms with E-state index in [9.17, 15) is 14.7 Å². The second kappa shape index (κ2) is 4.66. The van der Waals surface area contributed by atoms with Gasteiger partial charge in [0.1, 0.15) is 6.04 Å². The van der Waals surface area contributed by atoms with Crippen LogP contribution in [0.3, 0.4) is 0 Å². The summed E-state index contributed by atoms with van der Waals surface area (Å²) >= 11 is 0. The summed E-state index contributed by atoms with van der Waals surface area (Å²) < 4.78 is 0. The first kappa shape index (κ1) is 12.4. The molecule has 0 saturated heterocycles. The maximum Gasteiger partial charge on any atom is 0.328 e. The number of anilines is 1. The Hall–Kier alpha value is -2.08. The first-order valence-electron chi connectivity index (χ1n) is 5.58. The summed E-state index contributed by atoms with van der Waals surface area (Å²) in [6, 6.07) is 4.66. The van der Waals surface area contributed by atoms with E-state index in [4.69, 9.17) is 10.8 Å². The smallest absolute Gasteiger partial charge is 0.328 e. The number of rotatable bonds is 4. The molecule has 1 aromatic rings. The summed E-state index contributed by atoms with van der Waals surface area (Å²) in [5, 5.41) is 18.1. The molecule has 0 amide bonds. The normalized spacial score (nSPS) is 17.1. The van der Waals surface area contributed by atoms with E-state index < -0.39 is 24.0 Å². The minimum Gasteiger partial charge on any atom is -0.480 e. The summed E-state index contributed by atoms with van der Waals surface area (Å²) in [7, 11) is 0. The first-order chi connectivity index (χ1) is 8.52. The van der Waals surface area contributed by atoms with Crippen LogP contribution in [0, 0.1) is 0 Å². The topological polar surface area (TPSA) is 104 Å². The monoisotopic (exact) mass is 250 g/mol. The second-order valence-corrected chi connectivity index (χ2v) is 4.22. The molecule has 1 aliphatic heterocycles. The molecular formula is C12H14N2O4. The Labute approximate surface area is 104 Å². The fourth-order valence-electron chi connectivity index (χ4n) is 2.27. The zero-order valence-electron chi connectivity index (χ0n) is 9.61. The van der Waals surface area contributed by atoms with Crippen LogP contribution in [-0.2, 0) is 16.0 Å². The first-order valence-corrected chi connectivity index (χ1v) is 5.58. The lowest BCUT2D eigenvalue weighted by atomic mass is 10.1. The molecule has 2 atom stereocenters. The zero-order valence-corrected chi connectivity index (χ0v) is 9.61. The molecule has 18 heavy (non-hydrogen) atoms. The van der Waals surface area contributed by atoms with Crippen LogP contribution in [0.2, 0.25) is 0 Å². The molecule has 0 aromatic heterocycles. The van der Waals surface area contributed by atoms with Crippen LogP contribution < -0.4 is 10.6 Å². The van der Waals surface area contributed by atoms with Gasteiger partial charge in [0.2, 0.25) is 0 Å². The number of fused-ring (bicyclic) bond motifs is 1. The standard InChI is InChI=1S/C12H14N2O4/c13-9(11(15)16)10(12(17)18)14-6-5-7-3-1-2-4-8(7)14/h1-4,9-10H,5-6,13H2,(H,15,16)(H,17,18)/t9-,10?/m0/s1. The van der Waals surface area contributed by atoms with Crippen molar-refractivity contribution in [1.29, 1.82) is 0 Å². The van der Waals surface area contributed by atoms with Crippen molar-refractivity contribution < 1.29 is 19.8 Å². The number of para-hydroxylation sites is 1. The van der Waals surface area contributed by atoms with Gasteiger partial charge in [0, 0.05) is 12.2 Å². The van der Waals surface area contributed by atoms with Crippen molar-refractivity contribution in [2.75, 3.05) is 11.4 Å². The van der Waals surface area contributed by atoms with Crippen molar-refractivity contribution in [3.05, 3.63) is 29.8 Å². The molecule has 6 nitrogen and oxygen atoms in total. The summed E-state index contributed by atoms with van der Waals surface area (Å²) in [6.07, 6.45) is 0.701. The molecule has 6 heteroatoms. The van der Waals surface area contributed by atoms with Gasteiger partial charge >= 0.3 is 11.9 Å². The SMILES string of the molecule is N[C@H](C(=O)O)C(C(=O)O)N1CCc2ccccc21. The molecule has 1 aromatic carbocycles. The molecule has 1 aliphatic rings. The number of carbonyl (C=O) groups is 2. The molecule has 4 N–H and O–H groups in total. The van der Waals surface area contributed by atoms with Crippen LogP contribution in [0.15, 0.2) is 24.3 Å². The third-order valence-electron chi connectivity index (χ3n) is 3.14. The Morgan fingerprint density at radius 2 is 1.89 bits per heavy atom. The highest BCUT2D eigenvalue weighted by Gasteiger charge is 2.38. The maximum absolute atomic E-state index is 11.3. The lowest BCUT2D eigenvalue weighted by molar-refractivity contribution is -0.146. The summed E-state index contributed by atoms with van der Waals surface area (Å²) in [5.74, 6) is -2.53. The maximum atomic E-state index is 11.3. The lowest BCUT2D eigenvalue weighted by Crippen LogP contribution is -2.55. The van der Waals surface area contributed by atoms with Gasteiger partial charge in [-0.2, -0.15) is 0 Å². The largest absolute Gasteiger partial charge is 0.480 e. The van der Waals surface area contributed by atoms with Crippen LogP contribution in [0.1, 0.15) is 5.56 Å². The molecule has 0 radical (unpaired) electrons. The molecular weight excluding hydrogens is 236 g/mol. The molecule has 0 fully saturated rings. The quantitative estimate of drug-likeness (QED) is 0.690. The number of aliphatic carboxylic acids is 2. The minimum absolute atomic E-state index is 0.470. The van der Waals surface area contributed by atoms with Crippen LogP contribution in [-0.4, -0.2) is 40.8 Å². The van der Waals surface area contributed by atoms with E-state index in [-0.39, 0.29) is 0 Å². The Balaban J connectivity index is 2.35. The number of carboxylic acid groups (broad SMARTS) is 2. The fourth-order valence-corrected chi connectivity index (χ4v) is 2.27. The number of nitrogens with two attached hydrogens (primary N) is 1. The number of nitrogens with zero attached hydrogens (tertiary/aromatic N) is 1. The van der Waals surface area contributed by atoms with Crippen LogP contribution in [0.25, 0.3) is 0 Å². The molecule has 1 unspecified atom stereocenters. The van der Waals surface area contributed by atoms with E-state index in [0.29, 0.717) is 13.0 Å². The Morgan fingerprint density at radius 1 is 1.22 bits per heavy atom. The van der Waals surface area contributed by atoms with E-state index >= 15 is 0 Å².